The maximum Gasteiger partial charge on any atom is 0.269 e. The molecular formula is C18H18N4O4. The standard InChI is InChI=1S/C18H18N4O4/c1-2-12-5-7-13(8-6-12)18(24)21-20-15(23)9-10-16-19-17(22-26-16)14-4-3-11-25-14/h3-8,11H,2,9-10H2,1H3,(H,20,23)(H,21,24). The largest absolute Gasteiger partial charge is 0.461 e. The van der Waals surface area contributed by atoms with E-state index in [0.717, 1.165) is 12.0 Å². The summed E-state index contributed by atoms with van der Waals surface area (Å²) in [6, 6.07) is 10.6. The molecule has 2 heterocycles. The second kappa shape index (κ2) is 8.11. The smallest absolute Gasteiger partial charge is 0.269 e. The summed E-state index contributed by atoms with van der Waals surface area (Å²) < 4.78 is 10.2. The molecule has 26 heavy (non-hydrogen) atoms. The zero-order valence-corrected chi connectivity index (χ0v) is 14.2. The Bertz CT molecular complexity index is 869. The van der Waals surface area contributed by atoms with Gasteiger partial charge in [0.25, 0.3) is 5.91 Å². The van der Waals surface area contributed by atoms with Crippen molar-refractivity contribution < 1.29 is 18.5 Å². The van der Waals surface area contributed by atoms with E-state index in [1.54, 1.807) is 24.3 Å². The number of furan rings is 1. The number of rotatable bonds is 6. The molecule has 2 amide bonds. The average molecular weight is 354 g/mol. The van der Waals surface area contributed by atoms with E-state index in [0.29, 0.717) is 23.0 Å². The molecule has 2 N–H and O–H groups in total. The van der Waals surface area contributed by atoms with Crippen LogP contribution in [0.1, 0.15) is 35.2 Å². The third kappa shape index (κ3) is 4.35. The van der Waals surface area contributed by atoms with Crippen molar-refractivity contribution in [3.05, 3.63) is 59.7 Å². The summed E-state index contributed by atoms with van der Waals surface area (Å²) in [5, 5.41) is 3.78. The molecule has 0 fully saturated rings. The van der Waals surface area contributed by atoms with Gasteiger partial charge in [0, 0.05) is 18.4 Å². The molecule has 0 atom stereocenters. The molecule has 134 valence electrons. The lowest BCUT2D eigenvalue weighted by atomic mass is 10.1. The van der Waals surface area contributed by atoms with Gasteiger partial charge in [0.2, 0.25) is 17.6 Å². The van der Waals surface area contributed by atoms with Crippen LogP contribution in [0.15, 0.2) is 51.6 Å². The zero-order valence-electron chi connectivity index (χ0n) is 14.2. The van der Waals surface area contributed by atoms with Crippen molar-refractivity contribution in [2.75, 3.05) is 0 Å². The van der Waals surface area contributed by atoms with Crippen molar-refractivity contribution in [3.8, 4) is 11.6 Å². The number of hydrogen-bond acceptors (Lipinski definition) is 6. The first kappa shape index (κ1) is 17.4. The quantitative estimate of drug-likeness (QED) is 0.657. The molecule has 0 bridgehead atoms. The molecule has 2 aromatic heterocycles. The number of benzene rings is 1. The summed E-state index contributed by atoms with van der Waals surface area (Å²) in [5.41, 5.74) is 6.36. The van der Waals surface area contributed by atoms with Crippen molar-refractivity contribution in [1.82, 2.24) is 21.0 Å². The molecule has 8 heteroatoms. The number of hydrogen-bond donors (Lipinski definition) is 2. The molecular weight excluding hydrogens is 336 g/mol. The zero-order chi connectivity index (χ0) is 18.4. The second-order valence-corrected chi connectivity index (χ2v) is 5.54. The number of amides is 2. The number of aromatic nitrogens is 2. The molecule has 3 aromatic rings. The van der Waals surface area contributed by atoms with Crippen LogP contribution in [0, 0.1) is 0 Å². The van der Waals surface area contributed by atoms with Crippen LogP contribution >= 0.6 is 0 Å². The predicted octanol–water partition coefficient (Wildman–Crippen LogP) is 2.29. The Balaban J connectivity index is 1.44. The minimum Gasteiger partial charge on any atom is -0.461 e. The van der Waals surface area contributed by atoms with Crippen LogP contribution in [0.4, 0.5) is 0 Å². The molecule has 1 aromatic carbocycles. The van der Waals surface area contributed by atoms with Gasteiger partial charge in [0.05, 0.1) is 6.26 Å². The molecule has 8 nitrogen and oxygen atoms in total. The van der Waals surface area contributed by atoms with E-state index >= 15 is 0 Å². The van der Waals surface area contributed by atoms with E-state index in [2.05, 4.69) is 21.0 Å². The van der Waals surface area contributed by atoms with Gasteiger partial charge >= 0.3 is 0 Å². The van der Waals surface area contributed by atoms with Gasteiger partial charge in [0.1, 0.15) is 0 Å². The highest BCUT2D eigenvalue weighted by Gasteiger charge is 2.13. The highest BCUT2D eigenvalue weighted by Crippen LogP contribution is 2.16. The predicted molar refractivity (Wildman–Crippen MR) is 91.7 cm³/mol. The van der Waals surface area contributed by atoms with Crippen molar-refractivity contribution in [2.45, 2.75) is 26.2 Å². The van der Waals surface area contributed by atoms with Gasteiger partial charge in [-0.2, -0.15) is 4.98 Å². The Morgan fingerprint density at radius 1 is 1.12 bits per heavy atom. The van der Waals surface area contributed by atoms with E-state index in [-0.39, 0.29) is 24.7 Å². The molecule has 0 saturated heterocycles. The van der Waals surface area contributed by atoms with Gasteiger partial charge in [-0.15, -0.1) is 0 Å². The molecule has 0 spiro atoms. The van der Waals surface area contributed by atoms with Crippen LogP contribution < -0.4 is 10.9 Å². The fourth-order valence-electron chi connectivity index (χ4n) is 2.24. The third-order valence-corrected chi connectivity index (χ3v) is 3.72. The van der Waals surface area contributed by atoms with Crippen LogP contribution in [-0.4, -0.2) is 22.0 Å². The minimum absolute atomic E-state index is 0.0921. The van der Waals surface area contributed by atoms with E-state index in [9.17, 15) is 9.59 Å². The number of hydrazine groups is 1. The summed E-state index contributed by atoms with van der Waals surface area (Å²) in [4.78, 5) is 28.0. The first-order valence-corrected chi connectivity index (χ1v) is 8.20. The van der Waals surface area contributed by atoms with Gasteiger partial charge in [0.15, 0.2) is 5.76 Å². The maximum absolute atomic E-state index is 12.0. The fourth-order valence-corrected chi connectivity index (χ4v) is 2.24. The van der Waals surface area contributed by atoms with Gasteiger partial charge in [-0.05, 0) is 36.2 Å². The number of aryl methyl sites for hydroxylation is 2. The van der Waals surface area contributed by atoms with Gasteiger partial charge in [-0.1, -0.05) is 24.2 Å². The van der Waals surface area contributed by atoms with Crippen LogP contribution in [0.25, 0.3) is 11.6 Å². The van der Waals surface area contributed by atoms with Crippen molar-refractivity contribution in [3.63, 3.8) is 0 Å². The molecule has 3 rings (SSSR count). The monoisotopic (exact) mass is 354 g/mol. The molecule has 0 saturated carbocycles. The first-order valence-electron chi connectivity index (χ1n) is 8.20. The van der Waals surface area contributed by atoms with Gasteiger partial charge in [-0.25, -0.2) is 0 Å². The number of carbonyl (C=O) groups excluding carboxylic acids is 2. The topological polar surface area (TPSA) is 110 Å². The van der Waals surface area contributed by atoms with E-state index in [4.69, 9.17) is 8.94 Å². The first-order chi connectivity index (χ1) is 12.7. The number of nitrogens with zero attached hydrogens (tertiary/aromatic N) is 2. The molecule has 0 unspecified atom stereocenters. The Labute approximate surface area is 149 Å². The summed E-state index contributed by atoms with van der Waals surface area (Å²) >= 11 is 0. The number of carbonyl (C=O) groups is 2. The van der Waals surface area contributed by atoms with Gasteiger partial charge < -0.3 is 8.94 Å². The van der Waals surface area contributed by atoms with Crippen LogP contribution in [0.3, 0.4) is 0 Å². The maximum atomic E-state index is 12.0. The summed E-state index contributed by atoms with van der Waals surface area (Å²) in [5.74, 6) is 0.397. The highest BCUT2D eigenvalue weighted by atomic mass is 16.5. The minimum atomic E-state index is -0.376. The molecule has 0 radical (unpaired) electrons. The van der Waals surface area contributed by atoms with E-state index < -0.39 is 0 Å². The lowest BCUT2D eigenvalue weighted by Gasteiger charge is -2.07. The van der Waals surface area contributed by atoms with Crippen LogP contribution in [-0.2, 0) is 17.6 Å². The van der Waals surface area contributed by atoms with Gasteiger partial charge in [-0.3, -0.25) is 20.4 Å². The van der Waals surface area contributed by atoms with Crippen LogP contribution in [0.5, 0.6) is 0 Å². The summed E-state index contributed by atoms with van der Waals surface area (Å²) in [6.45, 7) is 2.04. The van der Waals surface area contributed by atoms with E-state index in [1.807, 2.05) is 19.1 Å². The highest BCUT2D eigenvalue weighted by molar-refractivity contribution is 5.95. The Morgan fingerprint density at radius 3 is 2.62 bits per heavy atom. The van der Waals surface area contributed by atoms with Crippen LogP contribution in [0.2, 0.25) is 0 Å². The molecule has 0 aliphatic carbocycles. The Hall–Kier alpha value is -3.42. The Kier molecular flexibility index (Phi) is 5.43. The molecule has 0 aliphatic heterocycles. The fraction of sp³-hybridized carbons (Fsp3) is 0.222. The van der Waals surface area contributed by atoms with E-state index in [1.165, 1.54) is 6.26 Å². The lowest BCUT2D eigenvalue weighted by Crippen LogP contribution is -2.41. The molecule has 0 aliphatic rings. The SMILES string of the molecule is CCc1ccc(C(=O)NNC(=O)CCc2nc(-c3ccco3)no2)cc1. The van der Waals surface area contributed by atoms with Crippen molar-refractivity contribution in [1.29, 1.82) is 0 Å². The van der Waals surface area contributed by atoms with Crippen molar-refractivity contribution >= 4 is 11.8 Å². The second-order valence-electron chi connectivity index (χ2n) is 5.54. The summed E-state index contributed by atoms with van der Waals surface area (Å²) in [7, 11) is 0. The summed E-state index contributed by atoms with van der Waals surface area (Å²) in [6.07, 6.45) is 2.75. The average Bonchev–Trinajstić information content (AvgIpc) is 3.36. The normalized spacial score (nSPS) is 10.5. The number of nitrogens with one attached hydrogen (secondary N) is 2. The lowest BCUT2D eigenvalue weighted by molar-refractivity contribution is -0.121. The third-order valence-electron chi connectivity index (χ3n) is 3.72. The Morgan fingerprint density at radius 2 is 1.92 bits per heavy atom. The van der Waals surface area contributed by atoms with Crippen molar-refractivity contribution in [2.24, 2.45) is 0 Å².